The number of carbonyl (C=O) groups is 1. The Labute approximate surface area is 111 Å². The number of piperidine rings is 1. The number of rotatable bonds is 6. The molecule has 4 heteroatoms. The predicted octanol–water partition coefficient (Wildman–Crippen LogP) is 1.35. The van der Waals surface area contributed by atoms with Crippen molar-refractivity contribution in [1.82, 2.24) is 10.2 Å². The van der Waals surface area contributed by atoms with Gasteiger partial charge in [-0.15, -0.1) is 0 Å². The first-order chi connectivity index (χ1) is 8.51. The first kappa shape index (κ1) is 15.4. The molecule has 4 nitrogen and oxygen atoms in total. The third-order valence-electron chi connectivity index (χ3n) is 3.84. The lowest BCUT2D eigenvalue weighted by atomic mass is 9.92. The predicted molar refractivity (Wildman–Crippen MR) is 75.3 cm³/mol. The Morgan fingerprint density at radius 2 is 2.00 bits per heavy atom. The minimum Gasteiger partial charge on any atom is -0.341 e. The van der Waals surface area contributed by atoms with Crippen LogP contribution < -0.4 is 11.1 Å². The second-order valence-corrected chi connectivity index (χ2v) is 5.71. The average molecular weight is 255 g/mol. The van der Waals surface area contributed by atoms with Gasteiger partial charge in [0.15, 0.2) is 0 Å². The molecule has 1 fully saturated rings. The minimum absolute atomic E-state index is 0.131. The Morgan fingerprint density at radius 1 is 1.39 bits per heavy atom. The van der Waals surface area contributed by atoms with Gasteiger partial charge in [0.2, 0.25) is 5.91 Å². The van der Waals surface area contributed by atoms with Crippen molar-refractivity contribution in [1.29, 1.82) is 0 Å². The molecule has 0 aromatic rings. The van der Waals surface area contributed by atoms with Gasteiger partial charge in [-0.2, -0.15) is 0 Å². The fraction of sp³-hybridized carbons (Fsp3) is 0.929. The van der Waals surface area contributed by atoms with Crippen LogP contribution in [0.1, 0.15) is 46.5 Å². The van der Waals surface area contributed by atoms with Crippen LogP contribution in [-0.4, -0.2) is 42.5 Å². The summed E-state index contributed by atoms with van der Waals surface area (Å²) in [5.74, 6) is 0.843. The van der Waals surface area contributed by atoms with Gasteiger partial charge in [-0.1, -0.05) is 20.3 Å². The largest absolute Gasteiger partial charge is 0.341 e. The summed E-state index contributed by atoms with van der Waals surface area (Å²) >= 11 is 0. The summed E-state index contributed by atoms with van der Waals surface area (Å²) in [5.41, 5.74) is 5.44. The smallest absolute Gasteiger partial charge is 0.242 e. The van der Waals surface area contributed by atoms with Crippen LogP contribution in [0.2, 0.25) is 0 Å². The molecule has 0 aliphatic carbocycles. The quantitative estimate of drug-likeness (QED) is 0.753. The molecule has 0 saturated carbocycles. The maximum Gasteiger partial charge on any atom is 0.242 e. The second-order valence-electron chi connectivity index (χ2n) is 5.71. The summed E-state index contributed by atoms with van der Waals surface area (Å²) in [6.07, 6.45) is 3.92. The van der Waals surface area contributed by atoms with Crippen LogP contribution in [0, 0.1) is 5.92 Å². The average Bonchev–Trinajstić information content (AvgIpc) is 2.36. The van der Waals surface area contributed by atoms with E-state index in [-0.39, 0.29) is 5.91 Å². The molecule has 1 amide bonds. The maximum absolute atomic E-state index is 12.3. The van der Waals surface area contributed by atoms with Crippen molar-refractivity contribution in [3.8, 4) is 0 Å². The number of hydrogen-bond acceptors (Lipinski definition) is 3. The lowest BCUT2D eigenvalue weighted by molar-refractivity contribution is -0.138. The molecule has 106 valence electrons. The zero-order valence-electron chi connectivity index (χ0n) is 12.2. The Balaban J connectivity index is 2.40. The highest BCUT2D eigenvalue weighted by Gasteiger charge is 2.33. The summed E-state index contributed by atoms with van der Waals surface area (Å²) in [4.78, 5) is 14.3. The van der Waals surface area contributed by atoms with E-state index >= 15 is 0 Å². The molecular weight excluding hydrogens is 226 g/mol. The van der Waals surface area contributed by atoms with Crippen LogP contribution in [0.15, 0.2) is 0 Å². The third kappa shape index (κ3) is 4.25. The van der Waals surface area contributed by atoms with Crippen molar-refractivity contribution in [2.24, 2.45) is 11.7 Å². The number of amides is 1. The molecule has 1 atom stereocenters. The number of hydrogen-bond donors (Lipinski definition) is 2. The van der Waals surface area contributed by atoms with Gasteiger partial charge in [-0.05, 0) is 45.2 Å². The Hall–Kier alpha value is -0.610. The van der Waals surface area contributed by atoms with Gasteiger partial charge < -0.3 is 16.0 Å². The van der Waals surface area contributed by atoms with Gasteiger partial charge >= 0.3 is 0 Å². The van der Waals surface area contributed by atoms with Gasteiger partial charge in [0, 0.05) is 13.1 Å². The van der Waals surface area contributed by atoms with Crippen LogP contribution in [0.3, 0.4) is 0 Å². The Kier molecular flexibility index (Phi) is 6.09. The fourth-order valence-electron chi connectivity index (χ4n) is 2.68. The van der Waals surface area contributed by atoms with E-state index in [4.69, 9.17) is 5.73 Å². The van der Waals surface area contributed by atoms with Crippen molar-refractivity contribution < 1.29 is 4.79 Å². The molecule has 1 aliphatic rings. The minimum atomic E-state index is -0.677. The Morgan fingerprint density at radius 3 is 2.50 bits per heavy atom. The van der Waals surface area contributed by atoms with Crippen LogP contribution in [0.5, 0.6) is 0 Å². The number of likely N-dealkylation sites (tertiary alicyclic amines) is 1. The van der Waals surface area contributed by atoms with Gasteiger partial charge in [-0.3, -0.25) is 4.79 Å². The van der Waals surface area contributed by atoms with Crippen LogP contribution >= 0.6 is 0 Å². The van der Waals surface area contributed by atoms with E-state index in [1.54, 1.807) is 0 Å². The molecule has 0 bridgehead atoms. The molecule has 1 rings (SSSR count). The van der Waals surface area contributed by atoms with Crippen molar-refractivity contribution in [2.75, 3.05) is 26.2 Å². The first-order valence-electron chi connectivity index (χ1n) is 7.30. The molecular formula is C14H29N3O. The van der Waals surface area contributed by atoms with Crippen molar-refractivity contribution in [2.45, 2.75) is 52.0 Å². The van der Waals surface area contributed by atoms with E-state index in [0.29, 0.717) is 5.92 Å². The Bertz CT molecular complexity index is 258. The van der Waals surface area contributed by atoms with E-state index in [0.717, 1.165) is 51.9 Å². The summed E-state index contributed by atoms with van der Waals surface area (Å²) in [6.45, 7) is 9.90. The van der Waals surface area contributed by atoms with E-state index in [1.807, 2.05) is 11.8 Å². The highest BCUT2D eigenvalue weighted by Crippen LogP contribution is 2.20. The fourth-order valence-corrected chi connectivity index (χ4v) is 2.68. The molecule has 1 unspecified atom stereocenters. The lowest BCUT2D eigenvalue weighted by Crippen LogP contribution is -2.55. The standard InChI is InChI=1S/C14H29N3O/c1-4-8-14(3,15)13(18)17-9-6-12(7-10-17)11-16-5-2/h12,16H,4-11,15H2,1-3H3. The molecule has 18 heavy (non-hydrogen) atoms. The van der Waals surface area contributed by atoms with E-state index < -0.39 is 5.54 Å². The summed E-state index contributed by atoms with van der Waals surface area (Å²) in [5, 5.41) is 3.38. The highest BCUT2D eigenvalue weighted by molar-refractivity contribution is 5.85. The zero-order chi connectivity index (χ0) is 13.6. The highest BCUT2D eigenvalue weighted by atomic mass is 16.2. The maximum atomic E-state index is 12.3. The van der Waals surface area contributed by atoms with Crippen molar-refractivity contribution in [3.05, 3.63) is 0 Å². The van der Waals surface area contributed by atoms with E-state index in [2.05, 4.69) is 19.2 Å². The van der Waals surface area contributed by atoms with Crippen LogP contribution in [-0.2, 0) is 4.79 Å². The molecule has 0 radical (unpaired) electrons. The number of nitrogens with zero attached hydrogens (tertiary/aromatic N) is 1. The summed E-state index contributed by atoms with van der Waals surface area (Å²) < 4.78 is 0. The normalized spacial score (nSPS) is 20.8. The zero-order valence-corrected chi connectivity index (χ0v) is 12.2. The van der Waals surface area contributed by atoms with Gasteiger partial charge in [-0.25, -0.2) is 0 Å². The number of carbonyl (C=O) groups excluding carboxylic acids is 1. The van der Waals surface area contributed by atoms with Gasteiger partial charge in [0.05, 0.1) is 5.54 Å². The molecule has 1 heterocycles. The molecule has 1 saturated heterocycles. The molecule has 1 aliphatic heterocycles. The molecule has 0 aromatic heterocycles. The molecule has 0 spiro atoms. The molecule has 3 N–H and O–H groups in total. The lowest BCUT2D eigenvalue weighted by Gasteiger charge is -2.37. The van der Waals surface area contributed by atoms with E-state index in [9.17, 15) is 4.79 Å². The van der Waals surface area contributed by atoms with Crippen molar-refractivity contribution >= 4 is 5.91 Å². The van der Waals surface area contributed by atoms with Gasteiger partial charge in [0.25, 0.3) is 0 Å². The first-order valence-corrected chi connectivity index (χ1v) is 7.30. The van der Waals surface area contributed by atoms with Crippen LogP contribution in [0.4, 0.5) is 0 Å². The monoisotopic (exact) mass is 255 g/mol. The van der Waals surface area contributed by atoms with Crippen LogP contribution in [0.25, 0.3) is 0 Å². The second kappa shape index (κ2) is 7.10. The van der Waals surface area contributed by atoms with Gasteiger partial charge in [0.1, 0.15) is 0 Å². The third-order valence-corrected chi connectivity index (χ3v) is 3.84. The summed E-state index contributed by atoms with van der Waals surface area (Å²) in [7, 11) is 0. The number of nitrogens with one attached hydrogen (secondary N) is 1. The molecule has 0 aromatic carbocycles. The summed E-state index contributed by atoms with van der Waals surface area (Å²) in [6, 6.07) is 0. The topological polar surface area (TPSA) is 58.4 Å². The van der Waals surface area contributed by atoms with Crippen molar-refractivity contribution in [3.63, 3.8) is 0 Å². The number of nitrogens with two attached hydrogens (primary N) is 1. The SMILES string of the molecule is CCCC(C)(N)C(=O)N1CCC(CNCC)CC1. The van der Waals surface area contributed by atoms with E-state index in [1.165, 1.54) is 0 Å².